The van der Waals surface area contributed by atoms with Crippen LogP contribution in [0.3, 0.4) is 0 Å². The lowest BCUT2D eigenvalue weighted by atomic mass is 10.1. The van der Waals surface area contributed by atoms with Crippen LogP contribution in [0.2, 0.25) is 10.0 Å². The first-order chi connectivity index (χ1) is 12.0. The fourth-order valence-electron chi connectivity index (χ4n) is 2.20. The number of thiol groups is 1. The number of benzene rings is 2. The van der Waals surface area contributed by atoms with Crippen LogP contribution < -0.4 is 5.73 Å². The molecule has 0 aliphatic carbocycles. The molecule has 2 nitrogen and oxygen atoms in total. The minimum Gasteiger partial charge on any atom is -0.399 e. The highest BCUT2D eigenvalue weighted by Gasteiger charge is 1.99. The van der Waals surface area contributed by atoms with E-state index >= 15 is 0 Å². The molecule has 0 saturated heterocycles. The number of halogens is 2. The summed E-state index contributed by atoms with van der Waals surface area (Å²) in [6.45, 7) is 1.90. The molecule has 0 aliphatic heterocycles. The van der Waals surface area contributed by atoms with E-state index in [9.17, 15) is 0 Å². The Hall–Kier alpha value is -1.68. The Labute approximate surface area is 164 Å². The number of nitrogens with zero attached hydrogens (tertiary/aromatic N) is 1. The van der Waals surface area contributed by atoms with Crippen molar-refractivity contribution >= 4 is 41.5 Å². The standard InChI is InChI=1S/C13H14N2.C7H6Cl2S/c14-12-5-3-4-11(10-12)7-8-13-6-1-2-9-15-13;1-4-2-6(9)7(10)3-5(4)8/h1-6,9-10H,7-8,14H2;2-3,10H,1H3. The third-order valence-electron chi connectivity index (χ3n) is 3.58. The molecule has 1 heterocycles. The van der Waals surface area contributed by atoms with Crippen molar-refractivity contribution in [3.05, 3.63) is 87.7 Å². The number of pyridine rings is 1. The quantitative estimate of drug-likeness (QED) is 0.422. The van der Waals surface area contributed by atoms with E-state index < -0.39 is 0 Å². The Bertz CT molecular complexity index is 773. The molecule has 0 saturated carbocycles. The van der Waals surface area contributed by atoms with Crippen LogP contribution in [0.15, 0.2) is 65.7 Å². The zero-order valence-electron chi connectivity index (χ0n) is 13.9. The summed E-state index contributed by atoms with van der Waals surface area (Å²) >= 11 is 15.6. The molecule has 5 heteroatoms. The molecule has 1 aromatic heterocycles. The molecule has 0 aliphatic rings. The van der Waals surface area contributed by atoms with Gasteiger partial charge in [0.15, 0.2) is 0 Å². The van der Waals surface area contributed by atoms with Crippen molar-refractivity contribution in [1.29, 1.82) is 0 Å². The fourth-order valence-corrected chi connectivity index (χ4v) is 2.85. The van der Waals surface area contributed by atoms with Crippen LogP contribution >= 0.6 is 35.8 Å². The summed E-state index contributed by atoms with van der Waals surface area (Å²) in [5.41, 5.74) is 9.91. The summed E-state index contributed by atoms with van der Waals surface area (Å²) in [5.74, 6) is 0. The largest absolute Gasteiger partial charge is 0.399 e. The van der Waals surface area contributed by atoms with Gasteiger partial charge in [-0.05, 0) is 67.3 Å². The zero-order valence-corrected chi connectivity index (χ0v) is 16.3. The molecular weight excluding hydrogens is 371 g/mol. The Balaban J connectivity index is 0.000000196. The first kappa shape index (κ1) is 19.6. The SMILES string of the molecule is Cc1cc(Cl)c(S)cc1Cl.Nc1cccc(CCc2ccccn2)c1. The predicted octanol–water partition coefficient (Wildman–Crippen LogP) is 6.04. The monoisotopic (exact) mass is 390 g/mol. The highest BCUT2D eigenvalue weighted by Crippen LogP contribution is 2.26. The van der Waals surface area contributed by atoms with Crippen molar-refractivity contribution < 1.29 is 0 Å². The van der Waals surface area contributed by atoms with Crippen LogP contribution in [0.1, 0.15) is 16.8 Å². The molecule has 2 aromatic carbocycles. The summed E-state index contributed by atoms with van der Waals surface area (Å²) in [6.07, 6.45) is 3.78. The molecule has 0 unspecified atom stereocenters. The minimum atomic E-state index is 0.644. The third-order valence-corrected chi connectivity index (χ3v) is 4.80. The van der Waals surface area contributed by atoms with Crippen LogP contribution in [0.5, 0.6) is 0 Å². The number of hydrogen-bond acceptors (Lipinski definition) is 3. The molecular formula is C20H20Cl2N2S. The van der Waals surface area contributed by atoms with Gasteiger partial charge in [0.25, 0.3) is 0 Å². The van der Waals surface area contributed by atoms with Crippen LogP contribution in [0.4, 0.5) is 5.69 Å². The van der Waals surface area contributed by atoms with Gasteiger partial charge in [-0.15, -0.1) is 12.6 Å². The highest BCUT2D eigenvalue weighted by molar-refractivity contribution is 7.80. The van der Waals surface area contributed by atoms with E-state index in [1.165, 1.54) is 5.56 Å². The van der Waals surface area contributed by atoms with E-state index in [0.29, 0.717) is 10.0 Å². The first-order valence-electron chi connectivity index (χ1n) is 7.84. The van der Waals surface area contributed by atoms with Crippen molar-refractivity contribution in [2.24, 2.45) is 0 Å². The molecule has 0 atom stereocenters. The van der Waals surface area contributed by atoms with E-state index in [4.69, 9.17) is 28.9 Å². The molecule has 0 bridgehead atoms. The number of nitrogen functional groups attached to an aromatic ring is 1. The van der Waals surface area contributed by atoms with Crippen molar-refractivity contribution in [2.75, 3.05) is 5.73 Å². The number of aromatic nitrogens is 1. The van der Waals surface area contributed by atoms with E-state index in [-0.39, 0.29) is 0 Å². The van der Waals surface area contributed by atoms with Gasteiger partial charge in [-0.2, -0.15) is 0 Å². The first-order valence-corrected chi connectivity index (χ1v) is 9.05. The highest BCUT2D eigenvalue weighted by atomic mass is 35.5. The summed E-state index contributed by atoms with van der Waals surface area (Å²) in [6, 6.07) is 17.5. The number of hydrogen-bond donors (Lipinski definition) is 2. The fraction of sp³-hybridized carbons (Fsp3) is 0.150. The lowest BCUT2D eigenvalue weighted by Crippen LogP contribution is -1.94. The van der Waals surface area contributed by atoms with Gasteiger partial charge in [-0.3, -0.25) is 4.98 Å². The Kier molecular flexibility index (Phi) is 7.63. The van der Waals surface area contributed by atoms with Gasteiger partial charge < -0.3 is 5.73 Å². The normalized spacial score (nSPS) is 10.1. The third kappa shape index (κ3) is 6.62. The summed E-state index contributed by atoms with van der Waals surface area (Å²) in [5, 5.41) is 1.35. The number of rotatable bonds is 3. The second kappa shape index (κ2) is 9.71. The van der Waals surface area contributed by atoms with Gasteiger partial charge in [0.2, 0.25) is 0 Å². The summed E-state index contributed by atoms with van der Waals surface area (Å²) in [7, 11) is 0. The van der Waals surface area contributed by atoms with E-state index in [1.807, 2.05) is 49.5 Å². The second-order valence-corrected chi connectivity index (χ2v) is 6.92. The lowest BCUT2D eigenvalue weighted by Gasteiger charge is -2.02. The molecule has 0 fully saturated rings. The maximum atomic E-state index is 5.78. The van der Waals surface area contributed by atoms with E-state index in [2.05, 4.69) is 23.7 Å². The zero-order chi connectivity index (χ0) is 18.2. The molecule has 2 N–H and O–H groups in total. The maximum absolute atomic E-state index is 5.78. The van der Waals surface area contributed by atoms with E-state index in [0.717, 1.165) is 34.7 Å². The molecule has 3 rings (SSSR count). The Morgan fingerprint density at radius 2 is 1.76 bits per heavy atom. The number of aryl methyl sites for hydroxylation is 3. The lowest BCUT2D eigenvalue weighted by molar-refractivity contribution is 0.914. The van der Waals surface area contributed by atoms with Gasteiger partial charge in [0.05, 0.1) is 5.02 Å². The second-order valence-electron chi connectivity index (χ2n) is 5.62. The number of nitrogens with two attached hydrogens (primary N) is 1. The van der Waals surface area contributed by atoms with Crippen LogP contribution in [-0.4, -0.2) is 4.98 Å². The minimum absolute atomic E-state index is 0.644. The van der Waals surface area contributed by atoms with E-state index in [1.54, 1.807) is 12.1 Å². The van der Waals surface area contributed by atoms with Gasteiger partial charge >= 0.3 is 0 Å². The van der Waals surface area contributed by atoms with Crippen LogP contribution in [0, 0.1) is 6.92 Å². The predicted molar refractivity (Wildman–Crippen MR) is 111 cm³/mol. The van der Waals surface area contributed by atoms with Crippen molar-refractivity contribution in [3.8, 4) is 0 Å². The summed E-state index contributed by atoms with van der Waals surface area (Å²) in [4.78, 5) is 5.00. The smallest absolute Gasteiger partial charge is 0.0542 e. The van der Waals surface area contributed by atoms with Crippen LogP contribution in [0.25, 0.3) is 0 Å². The maximum Gasteiger partial charge on any atom is 0.0542 e. The topological polar surface area (TPSA) is 38.9 Å². The Morgan fingerprint density at radius 1 is 0.960 bits per heavy atom. The molecule has 25 heavy (non-hydrogen) atoms. The molecule has 3 aromatic rings. The van der Waals surface area contributed by atoms with Crippen molar-refractivity contribution in [3.63, 3.8) is 0 Å². The van der Waals surface area contributed by atoms with Gasteiger partial charge in [0, 0.05) is 27.5 Å². The molecule has 0 amide bonds. The van der Waals surface area contributed by atoms with Crippen molar-refractivity contribution in [1.82, 2.24) is 4.98 Å². The van der Waals surface area contributed by atoms with Crippen molar-refractivity contribution in [2.45, 2.75) is 24.7 Å². The average molecular weight is 391 g/mol. The van der Waals surface area contributed by atoms with Gasteiger partial charge in [0.1, 0.15) is 0 Å². The molecule has 0 spiro atoms. The average Bonchev–Trinajstić information content (AvgIpc) is 2.60. The van der Waals surface area contributed by atoms with Crippen LogP contribution in [-0.2, 0) is 12.8 Å². The number of anilines is 1. The summed E-state index contributed by atoms with van der Waals surface area (Å²) < 4.78 is 0. The molecule has 130 valence electrons. The van der Waals surface area contributed by atoms with Gasteiger partial charge in [-0.25, -0.2) is 0 Å². The van der Waals surface area contributed by atoms with Gasteiger partial charge in [-0.1, -0.05) is 41.4 Å². The Morgan fingerprint density at radius 3 is 2.40 bits per heavy atom. The molecule has 0 radical (unpaired) electrons.